The molecule has 2 heterocycles. The molecule has 2 aromatic heterocycles. The van der Waals surface area contributed by atoms with Crippen LogP contribution in [0.15, 0.2) is 77.7 Å². The molecule has 41 heavy (non-hydrogen) atoms. The molecule has 0 aliphatic carbocycles. The quantitative estimate of drug-likeness (QED) is 0.198. The molecule has 1 unspecified atom stereocenters. The number of hydrogen-bond donors (Lipinski definition) is 3. The monoisotopic (exact) mass is 587 g/mol. The second-order valence-electron chi connectivity index (χ2n) is 8.90. The Balaban J connectivity index is 1.72. The Morgan fingerprint density at radius 1 is 1.15 bits per heavy atom. The number of ether oxygens (including phenoxy) is 1. The number of hydrazine groups is 1. The minimum Gasteiger partial charge on any atom is -0.495 e. The largest absolute Gasteiger partial charge is 0.495 e. The van der Waals surface area contributed by atoms with E-state index in [2.05, 4.69) is 15.5 Å². The number of amides is 1. The van der Waals surface area contributed by atoms with Crippen LogP contribution >= 0.6 is 11.6 Å². The molecule has 1 amide bonds. The van der Waals surface area contributed by atoms with Gasteiger partial charge in [-0.1, -0.05) is 24.6 Å². The van der Waals surface area contributed by atoms with Crippen molar-refractivity contribution >= 4 is 39.7 Å². The van der Waals surface area contributed by atoms with Crippen molar-refractivity contribution in [2.75, 3.05) is 17.4 Å². The Bertz CT molecular complexity index is 1690. The van der Waals surface area contributed by atoms with Crippen molar-refractivity contribution in [2.45, 2.75) is 25.6 Å². The van der Waals surface area contributed by atoms with E-state index >= 15 is 0 Å². The first-order valence-electron chi connectivity index (χ1n) is 12.1. The van der Waals surface area contributed by atoms with Gasteiger partial charge in [0.25, 0.3) is 5.56 Å². The summed E-state index contributed by atoms with van der Waals surface area (Å²) in [6.45, 7) is 1.74. The highest BCUT2D eigenvalue weighted by atomic mass is 35.5. The molecule has 0 aliphatic heterocycles. The fraction of sp³-hybridized carbons (Fsp3) is 0.185. The number of pyridine rings is 1. The van der Waals surface area contributed by atoms with Gasteiger partial charge in [-0.25, -0.2) is 5.84 Å². The van der Waals surface area contributed by atoms with Crippen LogP contribution in [0.1, 0.15) is 19.4 Å². The SMILES string of the molecule is CCC(C(=O)Nc1ccc2cnncc2c1)n1cc(OC)c(-c2cc(Cl)ccc2N(N)/C=C(\N)C(F)(F)F)cc1=O. The van der Waals surface area contributed by atoms with Crippen LogP contribution in [0.4, 0.5) is 24.5 Å². The van der Waals surface area contributed by atoms with Crippen LogP contribution < -0.4 is 32.2 Å². The molecule has 0 saturated carbocycles. The van der Waals surface area contributed by atoms with Crippen molar-refractivity contribution in [2.24, 2.45) is 11.6 Å². The van der Waals surface area contributed by atoms with E-state index in [0.717, 1.165) is 10.8 Å². The van der Waals surface area contributed by atoms with Crippen LogP contribution in [-0.2, 0) is 4.79 Å². The fourth-order valence-electron chi connectivity index (χ4n) is 4.19. The second kappa shape index (κ2) is 11.9. The number of methoxy groups -OCH3 is 1. The third-order valence-electron chi connectivity index (χ3n) is 6.24. The summed E-state index contributed by atoms with van der Waals surface area (Å²) in [5.41, 5.74) is 4.08. The molecule has 1 atom stereocenters. The van der Waals surface area contributed by atoms with E-state index in [4.69, 9.17) is 27.9 Å². The molecule has 14 heteroatoms. The zero-order valence-corrected chi connectivity index (χ0v) is 22.6. The van der Waals surface area contributed by atoms with Gasteiger partial charge in [0.05, 0.1) is 31.4 Å². The summed E-state index contributed by atoms with van der Waals surface area (Å²) in [6, 6.07) is 9.72. The van der Waals surface area contributed by atoms with Crippen molar-refractivity contribution in [3.05, 3.63) is 88.3 Å². The number of anilines is 2. The van der Waals surface area contributed by atoms with Crippen LogP contribution in [0.5, 0.6) is 5.75 Å². The van der Waals surface area contributed by atoms with Gasteiger partial charge >= 0.3 is 6.18 Å². The summed E-state index contributed by atoms with van der Waals surface area (Å²) in [7, 11) is 1.35. The average Bonchev–Trinajstić information content (AvgIpc) is 2.93. The topological polar surface area (TPSA) is 141 Å². The van der Waals surface area contributed by atoms with Crippen LogP contribution in [0, 0.1) is 0 Å². The lowest BCUT2D eigenvalue weighted by molar-refractivity contribution is -0.119. The Kier molecular flexibility index (Phi) is 8.49. The van der Waals surface area contributed by atoms with Gasteiger partial charge in [-0.2, -0.15) is 23.4 Å². The van der Waals surface area contributed by atoms with E-state index in [9.17, 15) is 22.8 Å². The van der Waals surface area contributed by atoms with Gasteiger partial charge in [-0.3, -0.25) is 19.2 Å². The zero-order valence-electron chi connectivity index (χ0n) is 21.8. The highest BCUT2D eigenvalue weighted by Crippen LogP contribution is 2.38. The molecule has 4 rings (SSSR count). The standard InChI is InChI=1S/C27H25ClF3N7O3/c1-3-21(26(40)36-18-6-4-15-11-34-35-12-16(15)8-18)37-13-23(41-2)20(10-25(37)39)19-9-17(28)5-7-22(19)38(33)14-24(32)27(29,30)31/h4-14,21H,3,32-33H2,1-2H3,(H,36,40)/b24-14-. The molecule has 2 aromatic carbocycles. The maximum atomic E-state index is 13.3. The first kappa shape index (κ1) is 29.4. The normalized spacial score (nSPS) is 12.7. The van der Waals surface area contributed by atoms with Crippen molar-refractivity contribution in [3.63, 3.8) is 0 Å². The Morgan fingerprint density at radius 2 is 1.85 bits per heavy atom. The number of hydrogen-bond acceptors (Lipinski definition) is 8. The first-order valence-corrected chi connectivity index (χ1v) is 12.5. The molecular weight excluding hydrogens is 563 g/mol. The maximum Gasteiger partial charge on any atom is 0.432 e. The van der Waals surface area contributed by atoms with E-state index in [0.29, 0.717) is 16.9 Å². The minimum absolute atomic E-state index is 0.0582. The number of carbonyl (C=O) groups is 1. The van der Waals surface area contributed by atoms with E-state index < -0.39 is 29.4 Å². The molecule has 4 aromatic rings. The summed E-state index contributed by atoms with van der Waals surface area (Å²) >= 11 is 6.18. The van der Waals surface area contributed by atoms with E-state index in [1.165, 1.54) is 42.1 Å². The number of rotatable bonds is 8. The Hall–Kier alpha value is -4.62. The predicted octanol–water partition coefficient (Wildman–Crippen LogP) is 4.75. The summed E-state index contributed by atoms with van der Waals surface area (Å²) in [6.07, 6.45) is 0.479. The highest BCUT2D eigenvalue weighted by molar-refractivity contribution is 6.31. The van der Waals surface area contributed by atoms with E-state index in [-0.39, 0.29) is 34.0 Å². The van der Waals surface area contributed by atoms with Gasteiger partial charge in [-0.15, -0.1) is 0 Å². The summed E-state index contributed by atoms with van der Waals surface area (Å²) < 4.78 is 45.8. The minimum atomic E-state index is -4.81. The molecule has 0 aliphatic rings. The molecule has 10 nitrogen and oxygen atoms in total. The first-order chi connectivity index (χ1) is 19.4. The average molecular weight is 588 g/mol. The van der Waals surface area contributed by atoms with Gasteiger partial charge in [0, 0.05) is 44.9 Å². The van der Waals surface area contributed by atoms with E-state index in [1.54, 1.807) is 37.5 Å². The lowest BCUT2D eigenvalue weighted by atomic mass is 10.0. The molecule has 0 radical (unpaired) electrons. The van der Waals surface area contributed by atoms with Crippen LogP contribution in [-0.4, -0.2) is 34.0 Å². The Morgan fingerprint density at radius 3 is 2.51 bits per heavy atom. The van der Waals surface area contributed by atoms with Crippen LogP contribution in [0.2, 0.25) is 5.02 Å². The van der Waals surface area contributed by atoms with Gasteiger partial charge < -0.3 is 15.8 Å². The molecule has 0 fully saturated rings. The fourth-order valence-corrected chi connectivity index (χ4v) is 4.37. The molecule has 5 N–H and O–H groups in total. The zero-order chi connectivity index (χ0) is 29.9. The van der Waals surface area contributed by atoms with Gasteiger partial charge in [0.2, 0.25) is 5.91 Å². The lowest BCUT2D eigenvalue weighted by Crippen LogP contribution is -2.33. The van der Waals surface area contributed by atoms with Gasteiger partial charge in [0.15, 0.2) is 0 Å². The third kappa shape index (κ3) is 6.42. The van der Waals surface area contributed by atoms with Gasteiger partial charge in [-0.05, 0) is 36.8 Å². The summed E-state index contributed by atoms with van der Waals surface area (Å²) in [4.78, 5) is 26.6. The molecule has 0 saturated heterocycles. The molecular formula is C27H25ClF3N7O3. The van der Waals surface area contributed by atoms with Crippen molar-refractivity contribution in [3.8, 4) is 16.9 Å². The number of nitrogens with zero attached hydrogens (tertiary/aromatic N) is 4. The smallest absolute Gasteiger partial charge is 0.432 e. The number of nitrogens with one attached hydrogen (secondary N) is 1. The molecule has 214 valence electrons. The van der Waals surface area contributed by atoms with Crippen LogP contribution in [0.3, 0.4) is 0 Å². The number of benzene rings is 2. The number of nitrogens with two attached hydrogens (primary N) is 2. The second-order valence-corrected chi connectivity index (χ2v) is 9.33. The van der Waals surface area contributed by atoms with Crippen molar-refractivity contribution < 1.29 is 22.7 Å². The predicted molar refractivity (Wildman–Crippen MR) is 150 cm³/mol. The third-order valence-corrected chi connectivity index (χ3v) is 6.47. The number of fused-ring (bicyclic) bond motifs is 1. The number of halogens is 4. The van der Waals surface area contributed by atoms with Crippen molar-refractivity contribution in [1.29, 1.82) is 0 Å². The van der Waals surface area contributed by atoms with Crippen molar-refractivity contribution in [1.82, 2.24) is 14.8 Å². The van der Waals surface area contributed by atoms with E-state index in [1.807, 2.05) is 0 Å². The summed E-state index contributed by atoms with van der Waals surface area (Å²) in [5.74, 6) is 5.60. The van der Waals surface area contributed by atoms with Crippen LogP contribution in [0.25, 0.3) is 21.9 Å². The lowest BCUT2D eigenvalue weighted by Gasteiger charge is -2.23. The highest BCUT2D eigenvalue weighted by Gasteiger charge is 2.32. The Labute approximate surface area is 236 Å². The molecule has 0 bridgehead atoms. The summed E-state index contributed by atoms with van der Waals surface area (Å²) in [5, 5.41) is 13.0. The number of alkyl halides is 3. The number of allylic oxidation sites excluding steroid dienone is 1. The molecule has 0 spiro atoms. The number of carbonyl (C=O) groups excluding carboxylic acids is 1. The maximum absolute atomic E-state index is 13.3. The van der Waals surface area contributed by atoms with Gasteiger partial charge in [0.1, 0.15) is 17.5 Å². The number of aromatic nitrogens is 3.